The number of amides is 2. The molecule has 0 aliphatic heterocycles. The molecule has 17 heavy (non-hydrogen) atoms. The molecule has 94 valence electrons. The van der Waals surface area contributed by atoms with E-state index < -0.39 is 17.7 Å². The second kappa shape index (κ2) is 5.61. The Morgan fingerprint density at radius 2 is 1.88 bits per heavy atom. The van der Waals surface area contributed by atoms with Crippen LogP contribution in [0.2, 0.25) is 0 Å². The van der Waals surface area contributed by atoms with Gasteiger partial charge in [0.1, 0.15) is 11.6 Å². The zero-order valence-electron chi connectivity index (χ0n) is 10.1. The summed E-state index contributed by atoms with van der Waals surface area (Å²) in [6.45, 7) is 5.74. The zero-order chi connectivity index (χ0) is 13.0. The third-order valence-electron chi connectivity index (χ3n) is 2.54. The number of nitrogens with one attached hydrogen (secondary N) is 2. The summed E-state index contributed by atoms with van der Waals surface area (Å²) in [5.74, 6) is -1.00. The summed E-state index contributed by atoms with van der Waals surface area (Å²) < 4.78 is 26.1. The molecule has 1 aromatic carbocycles. The Kier molecular flexibility index (Phi) is 4.43. The number of hydrogen-bond donors (Lipinski definition) is 2. The first kappa shape index (κ1) is 13.4. The van der Waals surface area contributed by atoms with Crippen LogP contribution in [0, 0.1) is 17.6 Å². The maximum atomic E-state index is 13.2. The predicted octanol–water partition coefficient (Wildman–Crippen LogP) is 3.13. The van der Waals surface area contributed by atoms with Gasteiger partial charge < -0.3 is 10.6 Å². The number of halogens is 2. The summed E-state index contributed by atoms with van der Waals surface area (Å²) in [5.41, 5.74) is -0.168. The van der Waals surface area contributed by atoms with E-state index in [2.05, 4.69) is 10.6 Å². The molecule has 5 heteroatoms. The Labute approximate surface area is 99.2 Å². The van der Waals surface area contributed by atoms with Crippen LogP contribution in [-0.2, 0) is 0 Å². The third kappa shape index (κ3) is 4.01. The van der Waals surface area contributed by atoms with Crippen molar-refractivity contribution in [2.75, 3.05) is 5.32 Å². The first-order chi connectivity index (χ1) is 7.90. The quantitative estimate of drug-likeness (QED) is 0.840. The molecule has 1 unspecified atom stereocenters. The third-order valence-corrected chi connectivity index (χ3v) is 2.54. The number of urea groups is 1. The van der Waals surface area contributed by atoms with Crippen LogP contribution >= 0.6 is 0 Å². The van der Waals surface area contributed by atoms with Crippen LogP contribution in [0.4, 0.5) is 19.3 Å². The highest BCUT2D eigenvalue weighted by atomic mass is 19.1. The molecule has 2 N–H and O–H groups in total. The van der Waals surface area contributed by atoms with Gasteiger partial charge in [-0.15, -0.1) is 0 Å². The SMILES string of the molecule is CC(C)C(C)NC(=O)Nc1cc(F)ccc1F. The normalized spacial score (nSPS) is 12.4. The number of carbonyl (C=O) groups is 1. The van der Waals surface area contributed by atoms with Gasteiger partial charge in [-0.25, -0.2) is 13.6 Å². The van der Waals surface area contributed by atoms with Gasteiger partial charge in [-0.3, -0.25) is 0 Å². The minimum Gasteiger partial charge on any atom is -0.335 e. The first-order valence-corrected chi connectivity index (χ1v) is 5.42. The average Bonchev–Trinajstić information content (AvgIpc) is 2.23. The van der Waals surface area contributed by atoms with Crippen molar-refractivity contribution in [2.45, 2.75) is 26.8 Å². The van der Waals surface area contributed by atoms with Gasteiger partial charge >= 0.3 is 6.03 Å². The van der Waals surface area contributed by atoms with E-state index in [-0.39, 0.29) is 17.6 Å². The summed E-state index contributed by atoms with van der Waals surface area (Å²) >= 11 is 0. The van der Waals surface area contributed by atoms with Crippen molar-refractivity contribution in [2.24, 2.45) is 5.92 Å². The van der Waals surface area contributed by atoms with Crippen molar-refractivity contribution < 1.29 is 13.6 Å². The molecule has 0 aromatic heterocycles. The fraction of sp³-hybridized carbons (Fsp3) is 0.417. The van der Waals surface area contributed by atoms with Gasteiger partial charge in [0.2, 0.25) is 0 Å². The summed E-state index contributed by atoms with van der Waals surface area (Å²) in [4.78, 5) is 11.5. The minimum atomic E-state index is -0.668. The fourth-order valence-corrected chi connectivity index (χ4v) is 1.13. The Bertz CT molecular complexity index is 407. The molecule has 0 saturated heterocycles. The fourth-order valence-electron chi connectivity index (χ4n) is 1.13. The number of rotatable bonds is 3. The molecular weight excluding hydrogens is 226 g/mol. The topological polar surface area (TPSA) is 41.1 Å². The van der Waals surface area contributed by atoms with Crippen LogP contribution in [0.5, 0.6) is 0 Å². The summed E-state index contributed by atoms with van der Waals surface area (Å²) in [5, 5.41) is 4.91. The lowest BCUT2D eigenvalue weighted by molar-refractivity contribution is 0.246. The zero-order valence-corrected chi connectivity index (χ0v) is 10.1. The van der Waals surface area contributed by atoms with E-state index in [1.165, 1.54) is 0 Å². The van der Waals surface area contributed by atoms with E-state index in [9.17, 15) is 13.6 Å². The maximum absolute atomic E-state index is 13.2. The molecular formula is C12H16F2N2O. The smallest absolute Gasteiger partial charge is 0.319 e. The van der Waals surface area contributed by atoms with Crippen molar-refractivity contribution in [1.29, 1.82) is 0 Å². The van der Waals surface area contributed by atoms with Crippen LogP contribution < -0.4 is 10.6 Å². The molecule has 0 aliphatic rings. The molecule has 1 atom stereocenters. The van der Waals surface area contributed by atoms with Crippen molar-refractivity contribution in [3.8, 4) is 0 Å². The van der Waals surface area contributed by atoms with Crippen molar-refractivity contribution in [1.82, 2.24) is 5.32 Å². The lowest BCUT2D eigenvalue weighted by Crippen LogP contribution is -2.39. The average molecular weight is 242 g/mol. The minimum absolute atomic E-state index is 0.0494. The second-order valence-electron chi connectivity index (χ2n) is 4.26. The van der Waals surface area contributed by atoms with Crippen LogP contribution in [-0.4, -0.2) is 12.1 Å². The highest BCUT2D eigenvalue weighted by Crippen LogP contribution is 2.15. The van der Waals surface area contributed by atoms with Crippen molar-refractivity contribution in [3.63, 3.8) is 0 Å². The van der Waals surface area contributed by atoms with Gasteiger partial charge in [0, 0.05) is 12.1 Å². The molecule has 3 nitrogen and oxygen atoms in total. The number of anilines is 1. The van der Waals surface area contributed by atoms with E-state index in [0.29, 0.717) is 0 Å². The molecule has 0 bridgehead atoms. The molecule has 0 spiro atoms. The standard InChI is InChI=1S/C12H16F2N2O/c1-7(2)8(3)15-12(17)16-11-6-9(13)4-5-10(11)14/h4-8H,1-3H3,(H2,15,16,17). The van der Waals surface area contributed by atoms with Gasteiger partial charge in [-0.05, 0) is 25.0 Å². The monoisotopic (exact) mass is 242 g/mol. The summed E-state index contributed by atoms with van der Waals surface area (Å²) in [6, 6.07) is 2.31. The molecule has 0 heterocycles. The molecule has 1 rings (SSSR count). The number of carbonyl (C=O) groups excluding carboxylic acids is 1. The van der Waals surface area contributed by atoms with Crippen molar-refractivity contribution >= 4 is 11.7 Å². The molecule has 1 aromatic rings. The van der Waals surface area contributed by atoms with Crippen LogP contribution in [0.15, 0.2) is 18.2 Å². The lowest BCUT2D eigenvalue weighted by Gasteiger charge is -2.17. The number of benzene rings is 1. The Balaban J connectivity index is 2.65. The number of hydrogen-bond acceptors (Lipinski definition) is 1. The lowest BCUT2D eigenvalue weighted by atomic mass is 10.1. The largest absolute Gasteiger partial charge is 0.335 e. The van der Waals surface area contributed by atoms with E-state index >= 15 is 0 Å². The Hall–Kier alpha value is -1.65. The molecule has 0 saturated carbocycles. The molecule has 0 fully saturated rings. The van der Waals surface area contributed by atoms with Crippen LogP contribution in [0.3, 0.4) is 0 Å². The highest BCUT2D eigenvalue weighted by molar-refractivity contribution is 5.89. The molecule has 0 aliphatic carbocycles. The molecule has 2 amide bonds. The van der Waals surface area contributed by atoms with Gasteiger partial charge in [-0.1, -0.05) is 13.8 Å². The molecule has 0 radical (unpaired) electrons. The van der Waals surface area contributed by atoms with Crippen LogP contribution in [0.1, 0.15) is 20.8 Å². The first-order valence-electron chi connectivity index (χ1n) is 5.42. The predicted molar refractivity (Wildman–Crippen MR) is 62.8 cm³/mol. The highest BCUT2D eigenvalue weighted by Gasteiger charge is 2.12. The van der Waals surface area contributed by atoms with E-state index in [1.54, 1.807) is 0 Å². The summed E-state index contributed by atoms with van der Waals surface area (Å²) in [6.07, 6.45) is 0. The second-order valence-corrected chi connectivity index (χ2v) is 4.26. The maximum Gasteiger partial charge on any atom is 0.319 e. The Morgan fingerprint density at radius 3 is 2.47 bits per heavy atom. The van der Waals surface area contributed by atoms with Gasteiger partial charge in [0.05, 0.1) is 5.69 Å². The van der Waals surface area contributed by atoms with Gasteiger partial charge in [0.25, 0.3) is 0 Å². The van der Waals surface area contributed by atoms with Gasteiger partial charge in [0.15, 0.2) is 0 Å². The van der Waals surface area contributed by atoms with Crippen molar-refractivity contribution in [3.05, 3.63) is 29.8 Å². The van der Waals surface area contributed by atoms with E-state index in [0.717, 1.165) is 18.2 Å². The van der Waals surface area contributed by atoms with Crippen LogP contribution in [0.25, 0.3) is 0 Å². The van der Waals surface area contributed by atoms with E-state index in [4.69, 9.17) is 0 Å². The Morgan fingerprint density at radius 1 is 1.24 bits per heavy atom. The van der Waals surface area contributed by atoms with E-state index in [1.807, 2.05) is 20.8 Å². The summed E-state index contributed by atoms with van der Waals surface area (Å²) in [7, 11) is 0. The van der Waals surface area contributed by atoms with Gasteiger partial charge in [-0.2, -0.15) is 0 Å².